The molecule has 0 saturated carbocycles. The van der Waals surface area contributed by atoms with Gasteiger partial charge in [0, 0.05) is 52.4 Å². The Bertz CT molecular complexity index is 396. The fourth-order valence-corrected chi connectivity index (χ4v) is 2.69. The van der Waals surface area contributed by atoms with Crippen LogP contribution in [0.3, 0.4) is 0 Å². The summed E-state index contributed by atoms with van der Waals surface area (Å²) in [5.41, 5.74) is 2.41. The van der Waals surface area contributed by atoms with Crippen LogP contribution in [-0.2, 0) is 22.4 Å². The lowest BCUT2D eigenvalue weighted by atomic mass is 10.0. The number of imidazole rings is 1. The third kappa shape index (κ3) is 4.02. The summed E-state index contributed by atoms with van der Waals surface area (Å²) in [4.78, 5) is 9.99. The molecule has 0 aromatic carbocycles. The number of nitrogens with one attached hydrogen (secondary N) is 2. The van der Waals surface area contributed by atoms with Crippen LogP contribution in [0.15, 0.2) is 6.33 Å². The Balaban J connectivity index is 1.90. The minimum Gasteiger partial charge on any atom is -0.383 e. The third-order valence-corrected chi connectivity index (χ3v) is 3.88. The highest BCUT2D eigenvalue weighted by Crippen LogP contribution is 2.14. The fourth-order valence-electron chi connectivity index (χ4n) is 2.69. The molecule has 114 valence electrons. The van der Waals surface area contributed by atoms with Gasteiger partial charge in [0.2, 0.25) is 0 Å². The van der Waals surface area contributed by atoms with Crippen LogP contribution in [0.5, 0.6) is 0 Å². The van der Waals surface area contributed by atoms with E-state index in [1.165, 1.54) is 11.4 Å². The summed E-state index contributed by atoms with van der Waals surface area (Å²) in [5, 5.41) is 3.57. The molecule has 1 aliphatic heterocycles. The van der Waals surface area contributed by atoms with Crippen molar-refractivity contribution >= 4 is 0 Å². The number of methoxy groups -OCH3 is 2. The number of ether oxygens (including phenoxy) is 2. The van der Waals surface area contributed by atoms with Crippen LogP contribution in [0.2, 0.25) is 0 Å². The van der Waals surface area contributed by atoms with Gasteiger partial charge >= 0.3 is 0 Å². The van der Waals surface area contributed by atoms with E-state index in [0.29, 0.717) is 12.1 Å². The van der Waals surface area contributed by atoms with E-state index in [2.05, 4.69) is 27.1 Å². The Labute approximate surface area is 120 Å². The van der Waals surface area contributed by atoms with Gasteiger partial charge in [0.15, 0.2) is 0 Å². The van der Waals surface area contributed by atoms with Gasteiger partial charge < -0.3 is 19.8 Å². The highest BCUT2D eigenvalue weighted by Gasteiger charge is 2.24. The molecule has 0 radical (unpaired) electrons. The van der Waals surface area contributed by atoms with Crippen molar-refractivity contribution < 1.29 is 9.47 Å². The Hall–Kier alpha value is -0.950. The first-order chi connectivity index (χ1) is 9.74. The molecule has 0 saturated heterocycles. The summed E-state index contributed by atoms with van der Waals surface area (Å²) in [7, 11) is 3.49. The highest BCUT2D eigenvalue weighted by molar-refractivity contribution is 5.16. The summed E-state index contributed by atoms with van der Waals surface area (Å²) in [5.74, 6) is 0. The van der Waals surface area contributed by atoms with E-state index in [0.717, 1.165) is 39.3 Å². The van der Waals surface area contributed by atoms with Crippen LogP contribution in [0.25, 0.3) is 0 Å². The number of fused-ring (bicyclic) bond motifs is 1. The molecule has 0 amide bonds. The summed E-state index contributed by atoms with van der Waals surface area (Å²) < 4.78 is 10.5. The SMILES string of the molecule is COCCN(CC1Cc2nc[nH]c2CN1)C(C)COC. The van der Waals surface area contributed by atoms with Gasteiger partial charge in [-0.1, -0.05) is 0 Å². The van der Waals surface area contributed by atoms with Crippen molar-refractivity contribution in [3.63, 3.8) is 0 Å². The monoisotopic (exact) mass is 282 g/mol. The Morgan fingerprint density at radius 3 is 3.05 bits per heavy atom. The van der Waals surface area contributed by atoms with Crippen molar-refractivity contribution in [1.29, 1.82) is 0 Å². The molecule has 0 fully saturated rings. The van der Waals surface area contributed by atoms with E-state index in [9.17, 15) is 0 Å². The van der Waals surface area contributed by atoms with Crippen molar-refractivity contribution in [2.24, 2.45) is 0 Å². The normalized spacial score (nSPS) is 20.1. The number of rotatable bonds is 8. The molecule has 0 bridgehead atoms. The first-order valence-electron chi connectivity index (χ1n) is 7.21. The van der Waals surface area contributed by atoms with Crippen molar-refractivity contribution in [3.8, 4) is 0 Å². The number of H-pyrrole nitrogens is 1. The predicted molar refractivity (Wildman–Crippen MR) is 77.7 cm³/mol. The molecule has 2 rings (SSSR count). The van der Waals surface area contributed by atoms with Crippen LogP contribution < -0.4 is 5.32 Å². The van der Waals surface area contributed by atoms with E-state index < -0.39 is 0 Å². The standard InChI is InChI=1S/C14H26N4O2/c1-11(9-20-3)18(4-5-19-2)8-12-6-13-14(7-15-12)17-10-16-13/h10-12,15H,4-9H2,1-3H3,(H,16,17). The second kappa shape index (κ2) is 7.73. The molecule has 6 nitrogen and oxygen atoms in total. The maximum atomic E-state index is 5.28. The first kappa shape index (κ1) is 15.4. The second-order valence-electron chi connectivity index (χ2n) is 5.40. The molecule has 1 aromatic rings. The summed E-state index contributed by atoms with van der Waals surface area (Å²) >= 11 is 0. The van der Waals surface area contributed by atoms with Crippen LogP contribution in [0.1, 0.15) is 18.3 Å². The molecular weight excluding hydrogens is 256 g/mol. The quantitative estimate of drug-likeness (QED) is 0.723. The van der Waals surface area contributed by atoms with Gasteiger partial charge in [-0.25, -0.2) is 4.98 Å². The largest absolute Gasteiger partial charge is 0.383 e. The third-order valence-electron chi connectivity index (χ3n) is 3.88. The topological polar surface area (TPSA) is 62.4 Å². The Morgan fingerprint density at radius 2 is 2.30 bits per heavy atom. The second-order valence-corrected chi connectivity index (χ2v) is 5.40. The lowest BCUT2D eigenvalue weighted by Gasteiger charge is -2.33. The number of hydrogen-bond acceptors (Lipinski definition) is 5. The molecule has 20 heavy (non-hydrogen) atoms. The number of nitrogens with zero attached hydrogens (tertiary/aromatic N) is 2. The molecule has 2 heterocycles. The van der Waals surface area contributed by atoms with Crippen molar-refractivity contribution in [1.82, 2.24) is 20.2 Å². The average molecular weight is 282 g/mol. The van der Waals surface area contributed by atoms with Gasteiger partial charge in [0.05, 0.1) is 30.9 Å². The van der Waals surface area contributed by atoms with E-state index in [1.54, 1.807) is 20.5 Å². The van der Waals surface area contributed by atoms with Gasteiger partial charge in [-0.3, -0.25) is 4.90 Å². The summed E-state index contributed by atoms with van der Waals surface area (Å²) in [6.07, 6.45) is 2.76. The van der Waals surface area contributed by atoms with Crippen LogP contribution in [0, 0.1) is 0 Å². The van der Waals surface area contributed by atoms with Gasteiger partial charge in [0.1, 0.15) is 0 Å². The van der Waals surface area contributed by atoms with Gasteiger partial charge in [0.25, 0.3) is 0 Å². The van der Waals surface area contributed by atoms with E-state index in [1.807, 2.05) is 0 Å². The Morgan fingerprint density at radius 1 is 1.45 bits per heavy atom. The van der Waals surface area contributed by atoms with Gasteiger partial charge in [-0.05, 0) is 6.92 Å². The smallest absolute Gasteiger partial charge is 0.0925 e. The number of aromatic nitrogens is 2. The van der Waals surface area contributed by atoms with Crippen molar-refractivity contribution in [3.05, 3.63) is 17.7 Å². The molecular formula is C14H26N4O2. The van der Waals surface area contributed by atoms with Crippen LogP contribution in [0.4, 0.5) is 0 Å². The van der Waals surface area contributed by atoms with Gasteiger partial charge in [-0.2, -0.15) is 0 Å². The van der Waals surface area contributed by atoms with Crippen LogP contribution >= 0.6 is 0 Å². The fraction of sp³-hybridized carbons (Fsp3) is 0.786. The minimum absolute atomic E-state index is 0.387. The zero-order valence-electron chi connectivity index (χ0n) is 12.7. The molecule has 6 heteroatoms. The number of hydrogen-bond donors (Lipinski definition) is 2. The molecule has 2 unspecified atom stereocenters. The van der Waals surface area contributed by atoms with E-state index >= 15 is 0 Å². The lowest BCUT2D eigenvalue weighted by molar-refractivity contribution is 0.0679. The van der Waals surface area contributed by atoms with E-state index in [4.69, 9.17) is 9.47 Å². The molecule has 2 atom stereocenters. The molecule has 1 aliphatic rings. The van der Waals surface area contributed by atoms with Crippen LogP contribution in [-0.4, -0.2) is 67.5 Å². The minimum atomic E-state index is 0.387. The van der Waals surface area contributed by atoms with Crippen molar-refractivity contribution in [2.75, 3.05) is 40.5 Å². The summed E-state index contributed by atoms with van der Waals surface area (Å²) in [6.45, 7) is 6.46. The predicted octanol–water partition coefficient (Wildman–Crippen LogP) is 0.407. The maximum absolute atomic E-state index is 5.28. The molecule has 2 N–H and O–H groups in total. The first-order valence-corrected chi connectivity index (χ1v) is 7.21. The Kier molecular flexibility index (Phi) is 5.97. The zero-order valence-corrected chi connectivity index (χ0v) is 12.7. The molecule has 0 aliphatic carbocycles. The molecule has 0 spiro atoms. The summed E-state index contributed by atoms with van der Waals surface area (Å²) in [6, 6.07) is 0.819. The number of aromatic amines is 1. The molecule has 1 aromatic heterocycles. The van der Waals surface area contributed by atoms with Gasteiger partial charge in [-0.15, -0.1) is 0 Å². The van der Waals surface area contributed by atoms with Crippen molar-refractivity contribution in [2.45, 2.75) is 32.0 Å². The van der Waals surface area contributed by atoms with E-state index in [-0.39, 0.29) is 0 Å². The average Bonchev–Trinajstić information content (AvgIpc) is 2.91. The highest BCUT2D eigenvalue weighted by atomic mass is 16.5. The zero-order chi connectivity index (χ0) is 14.4. The lowest BCUT2D eigenvalue weighted by Crippen LogP contribution is -2.49. The maximum Gasteiger partial charge on any atom is 0.0925 e.